The van der Waals surface area contributed by atoms with E-state index in [0.717, 1.165) is 0 Å². The smallest absolute Gasteiger partial charge is 0.278 e. The summed E-state index contributed by atoms with van der Waals surface area (Å²) in [5, 5.41) is 2.48. The minimum atomic E-state index is 0.639. The Balaban J connectivity index is 2.62. The van der Waals surface area contributed by atoms with E-state index in [0.29, 0.717) is 5.19 Å². The van der Waals surface area contributed by atoms with E-state index in [2.05, 4.69) is 11.6 Å². The first kappa shape index (κ1) is 5.31. The van der Waals surface area contributed by atoms with Crippen molar-refractivity contribution >= 4 is 11.3 Å². The van der Waals surface area contributed by atoms with Crippen molar-refractivity contribution in [2.75, 3.05) is 0 Å². The van der Waals surface area contributed by atoms with Crippen molar-refractivity contribution < 1.29 is 4.74 Å². The average Bonchev–Trinajstić information content (AvgIpc) is 2.19. The van der Waals surface area contributed by atoms with E-state index in [1.165, 1.54) is 17.6 Å². The van der Waals surface area contributed by atoms with E-state index in [-0.39, 0.29) is 0 Å². The molecule has 0 unspecified atom stereocenters. The lowest BCUT2D eigenvalue weighted by atomic mass is 11.0. The molecular formula is C5H5NOS. The van der Waals surface area contributed by atoms with Crippen molar-refractivity contribution in [3.8, 4) is 5.19 Å². The molecule has 0 amide bonds. The molecule has 42 valence electrons. The number of thiazole rings is 1. The lowest BCUT2D eigenvalue weighted by Gasteiger charge is -1.86. The topological polar surface area (TPSA) is 22.1 Å². The molecule has 0 aromatic carbocycles. The fraction of sp³-hybridized carbons (Fsp3) is 0. The van der Waals surface area contributed by atoms with Crippen molar-refractivity contribution in [3.63, 3.8) is 0 Å². The lowest BCUT2D eigenvalue weighted by Crippen LogP contribution is -1.75. The minimum Gasteiger partial charge on any atom is -0.439 e. The van der Waals surface area contributed by atoms with E-state index in [1.54, 1.807) is 6.20 Å². The third-order valence-electron chi connectivity index (χ3n) is 0.594. The van der Waals surface area contributed by atoms with Crippen LogP contribution in [0.25, 0.3) is 0 Å². The summed E-state index contributed by atoms with van der Waals surface area (Å²) in [6, 6.07) is 0. The second-order valence-corrected chi connectivity index (χ2v) is 1.94. The highest BCUT2D eigenvalue weighted by Crippen LogP contribution is 2.12. The average molecular weight is 127 g/mol. The van der Waals surface area contributed by atoms with Crippen molar-refractivity contribution in [2.45, 2.75) is 0 Å². The molecule has 0 spiro atoms. The zero-order valence-electron chi connectivity index (χ0n) is 4.20. The summed E-state index contributed by atoms with van der Waals surface area (Å²) in [5.74, 6) is 0. The molecule has 0 N–H and O–H groups in total. The quantitative estimate of drug-likeness (QED) is 0.564. The SMILES string of the molecule is C=COc1nccs1. The van der Waals surface area contributed by atoms with Crippen molar-refractivity contribution in [3.05, 3.63) is 24.4 Å². The van der Waals surface area contributed by atoms with Gasteiger partial charge in [-0.05, 0) is 0 Å². The standard InChI is InChI=1S/C5H5NOS/c1-2-7-5-6-3-4-8-5/h2-4H,1H2. The van der Waals surface area contributed by atoms with Crippen LogP contribution in [0.15, 0.2) is 24.4 Å². The summed E-state index contributed by atoms with van der Waals surface area (Å²) < 4.78 is 4.82. The Kier molecular flexibility index (Phi) is 1.64. The fourth-order valence-electron chi connectivity index (χ4n) is 0.340. The number of hydrogen-bond acceptors (Lipinski definition) is 3. The van der Waals surface area contributed by atoms with Gasteiger partial charge < -0.3 is 4.74 Å². The molecule has 0 bridgehead atoms. The normalized spacial score (nSPS) is 8.50. The Morgan fingerprint density at radius 3 is 3.25 bits per heavy atom. The summed E-state index contributed by atoms with van der Waals surface area (Å²) in [7, 11) is 0. The summed E-state index contributed by atoms with van der Waals surface area (Å²) in [4.78, 5) is 3.83. The third-order valence-corrected chi connectivity index (χ3v) is 1.25. The molecule has 2 nitrogen and oxygen atoms in total. The van der Waals surface area contributed by atoms with E-state index in [4.69, 9.17) is 4.74 Å². The first-order chi connectivity index (χ1) is 3.93. The summed E-state index contributed by atoms with van der Waals surface area (Å²) in [6.45, 7) is 3.38. The molecule has 1 aromatic heterocycles. The van der Waals surface area contributed by atoms with Gasteiger partial charge in [0.25, 0.3) is 5.19 Å². The second kappa shape index (κ2) is 2.47. The zero-order chi connectivity index (χ0) is 5.82. The highest BCUT2D eigenvalue weighted by molar-refractivity contribution is 7.11. The molecule has 1 aromatic rings. The molecule has 0 saturated heterocycles. The Labute approximate surface area is 51.4 Å². The molecule has 0 saturated carbocycles. The van der Waals surface area contributed by atoms with E-state index in [1.807, 2.05) is 5.38 Å². The molecule has 0 radical (unpaired) electrons. The van der Waals surface area contributed by atoms with Crippen molar-refractivity contribution in [1.82, 2.24) is 4.98 Å². The predicted molar refractivity (Wildman–Crippen MR) is 32.9 cm³/mol. The molecule has 0 aliphatic carbocycles. The fourth-order valence-corrected chi connectivity index (χ4v) is 0.823. The zero-order valence-corrected chi connectivity index (χ0v) is 5.02. The third kappa shape index (κ3) is 1.07. The maximum absolute atomic E-state index is 4.82. The van der Waals surface area contributed by atoms with Gasteiger partial charge in [-0.25, -0.2) is 4.98 Å². The van der Waals surface area contributed by atoms with Crippen LogP contribution in [0.1, 0.15) is 0 Å². The van der Waals surface area contributed by atoms with Gasteiger partial charge in [0.05, 0.1) is 6.26 Å². The van der Waals surface area contributed by atoms with Crippen molar-refractivity contribution in [2.24, 2.45) is 0 Å². The van der Waals surface area contributed by atoms with Crippen LogP contribution >= 0.6 is 11.3 Å². The number of hydrogen-bond donors (Lipinski definition) is 0. The number of ether oxygens (including phenoxy) is 1. The number of rotatable bonds is 2. The number of aromatic nitrogens is 1. The molecule has 8 heavy (non-hydrogen) atoms. The van der Waals surface area contributed by atoms with Crippen molar-refractivity contribution in [1.29, 1.82) is 0 Å². The van der Waals surface area contributed by atoms with E-state index < -0.39 is 0 Å². The maximum atomic E-state index is 4.82. The molecule has 0 fully saturated rings. The molecule has 0 aliphatic rings. The lowest BCUT2D eigenvalue weighted by molar-refractivity contribution is 0.479. The van der Waals surface area contributed by atoms with Gasteiger partial charge in [-0.2, -0.15) is 0 Å². The monoisotopic (exact) mass is 127 g/mol. The highest BCUT2D eigenvalue weighted by Gasteiger charge is 1.87. The highest BCUT2D eigenvalue weighted by atomic mass is 32.1. The predicted octanol–water partition coefficient (Wildman–Crippen LogP) is 1.67. The van der Waals surface area contributed by atoms with Gasteiger partial charge in [-0.15, -0.1) is 0 Å². The maximum Gasteiger partial charge on any atom is 0.278 e. The summed E-state index contributed by atoms with van der Waals surface area (Å²) in [6.07, 6.45) is 3.04. The van der Waals surface area contributed by atoms with Crippen LogP contribution in [-0.2, 0) is 0 Å². The first-order valence-electron chi connectivity index (χ1n) is 2.10. The van der Waals surface area contributed by atoms with Gasteiger partial charge in [0.2, 0.25) is 0 Å². The van der Waals surface area contributed by atoms with Crippen LogP contribution in [0.2, 0.25) is 0 Å². The molecule has 3 heteroatoms. The number of nitrogens with zero attached hydrogens (tertiary/aromatic N) is 1. The minimum absolute atomic E-state index is 0.639. The molecule has 0 atom stereocenters. The van der Waals surface area contributed by atoms with Gasteiger partial charge >= 0.3 is 0 Å². The van der Waals surface area contributed by atoms with Crippen LogP contribution in [0.5, 0.6) is 5.19 Å². The Hall–Kier alpha value is -0.830. The molecule has 0 aliphatic heterocycles. The molecule has 1 heterocycles. The Morgan fingerprint density at radius 2 is 2.75 bits per heavy atom. The summed E-state index contributed by atoms with van der Waals surface area (Å²) >= 11 is 1.44. The second-order valence-electron chi connectivity index (χ2n) is 1.08. The summed E-state index contributed by atoms with van der Waals surface area (Å²) in [5.41, 5.74) is 0. The van der Waals surface area contributed by atoms with Crippen LogP contribution < -0.4 is 4.74 Å². The first-order valence-corrected chi connectivity index (χ1v) is 2.98. The van der Waals surface area contributed by atoms with Gasteiger partial charge in [-0.3, -0.25) is 0 Å². The Morgan fingerprint density at radius 1 is 1.88 bits per heavy atom. The van der Waals surface area contributed by atoms with Gasteiger partial charge in [0, 0.05) is 11.6 Å². The van der Waals surface area contributed by atoms with Gasteiger partial charge in [0.1, 0.15) is 0 Å². The van der Waals surface area contributed by atoms with E-state index in [9.17, 15) is 0 Å². The van der Waals surface area contributed by atoms with Crippen LogP contribution in [-0.4, -0.2) is 4.98 Å². The van der Waals surface area contributed by atoms with E-state index >= 15 is 0 Å². The van der Waals surface area contributed by atoms with Crippen LogP contribution in [0.4, 0.5) is 0 Å². The van der Waals surface area contributed by atoms with Gasteiger partial charge in [0.15, 0.2) is 0 Å². The molecule has 1 rings (SSSR count). The molecular weight excluding hydrogens is 122 g/mol. The largest absolute Gasteiger partial charge is 0.439 e. The van der Waals surface area contributed by atoms with Gasteiger partial charge in [-0.1, -0.05) is 17.9 Å². The van der Waals surface area contributed by atoms with Crippen LogP contribution in [0, 0.1) is 0 Å². The Bertz CT molecular complexity index is 159. The van der Waals surface area contributed by atoms with Crippen LogP contribution in [0.3, 0.4) is 0 Å².